The molecule has 8 heterocycles. The number of benzene rings is 3. The fourth-order valence-corrected chi connectivity index (χ4v) is 14.3. The number of amides is 5. The number of nitrogens with one attached hydrogen (secondary N) is 9. The molecule has 138 heavy (non-hydrogen) atoms. The summed E-state index contributed by atoms with van der Waals surface area (Å²) in [6, 6.07) is 15.1. The van der Waals surface area contributed by atoms with Gasteiger partial charge >= 0.3 is 30.0 Å². The van der Waals surface area contributed by atoms with Crippen LogP contribution in [-0.2, 0) is 91.3 Å². The number of imide groups is 1. The number of hydrogen-bond donors (Lipinski definition) is 17. The van der Waals surface area contributed by atoms with Crippen LogP contribution >= 0.6 is 0 Å². The van der Waals surface area contributed by atoms with Crippen molar-refractivity contribution in [3.63, 3.8) is 0 Å². The molecule has 3 atom stereocenters. The first-order chi connectivity index (χ1) is 65.8. The number of hydroxylamine groups is 4. The third kappa shape index (κ3) is 33.9. The molecule has 0 saturated carbocycles. The number of ketones is 3. The summed E-state index contributed by atoms with van der Waals surface area (Å²) >= 11 is 0. The Morgan fingerprint density at radius 3 is 1.08 bits per heavy atom. The summed E-state index contributed by atoms with van der Waals surface area (Å²) in [5.41, 5.74) is 18.7. The van der Waals surface area contributed by atoms with Gasteiger partial charge in [0, 0.05) is 122 Å². The summed E-state index contributed by atoms with van der Waals surface area (Å²) in [6.07, 6.45) is 6.07. The van der Waals surface area contributed by atoms with Gasteiger partial charge < -0.3 is 98.4 Å². The van der Waals surface area contributed by atoms with Gasteiger partial charge in [-0.05, 0) is 158 Å². The van der Waals surface area contributed by atoms with Gasteiger partial charge in [-0.15, -0.1) is 0 Å². The standard InChI is InChI=1S/C35H48N8O9.C29H32N8O11.C24H29N7O7/c1-34(2)17-21(18-35(3,4)43(34)50)16-27(45)52-15-14-51-13-5-6-25(44)11-12-26(32(48)49)40-30(46)22-7-9-23(10-8-22)37-19-24-20-38-29-28(39-24)31(47)42-33(36)41-29;30-28-35-24-23(26(42)36-28)33-18(15-32-24)14-31-17-5-3-16(4-6-17)25(41)34-20(27(43)44)8-7-19(38)2-1-11-46-12-13-47-29(45)48-37-21(39)9-10-22(37)40;25-24-30-20-19(22(35)31-24)28-16(13-27-20)12-26-15-5-3-14(4-6-15)21(34)29-18(23(36)37)8-7-17(33)2-1-10-38-11-9-32/h7-10,20-21,26,37,50H,5-6,11-19H2,1-4H3,(H,40,46)(H,48,49)(H3,36,38,41,42,47);3-6,15,20,31H,1-2,7-14H2,(H,34,41)(H,43,44)(H3,30,32,35,36,42);3-6,13,18,26,32H,1-2,7-12H2,(H,29,34)(H,36,37)(H3,25,27,30,31,35). The van der Waals surface area contributed by atoms with Crippen LogP contribution in [0.2, 0.25) is 0 Å². The molecule has 0 spiro atoms. The topological polar surface area (TPSA) is 750 Å². The monoisotopic (exact) mass is 1920 g/mol. The van der Waals surface area contributed by atoms with Crippen molar-refractivity contribution in [2.75, 3.05) is 92.6 Å². The van der Waals surface area contributed by atoms with E-state index in [0.29, 0.717) is 77.9 Å². The van der Waals surface area contributed by atoms with E-state index in [2.05, 4.69) is 96.5 Å². The number of Topliss-reactive ketones (excluding diaryl/α,β-unsaturated/α-hetero) is 3. The van der Waals surface area contributed by atoms with E-state index in [1.807, 2.05) is 27.7 Å². The molecule has 3 aromatic carbocycles. The Kier molecular flexibility index (Phi) is 40.0. The van der Waals surface area contributed by atoms with Gasteiger partial charge in [-0.1, -0.05) is 5.06 Å². The molecular weight excluding hydrogens is 1810 g/mol. The highest BCUT2D eigenvalue weighted by atomic mass is 16.8. The summed E-state index contributed by atoms with van der Waals surface area (Å²) in [5.74, 6) is -7.77. The molecule has 3 unspecified atom stereocenters. The first kappa shape index (κ1) is 106. The summed E-state index contributed by atoms with van der Waals surface area (Å²) < 4.78 is 25.9. The quantitative estimate of drug-likeness (QED) is 0.0147. The Morgan fingerprint density at radius 2 is 0.761 bits per heavy atom. The molecule has 6 aromatic heterocycles. The number of carboxylic acids is 3. The number of esters is 1. The number of carbonyl (C=O) groups excluding carboxylic acids is 10. The number of aliphatic hydroxyl groups is 1. The van der Waals surface area contributed by atoms with Crippen LogP contribution in [0.5, 0.6) is 0 Å². The Hall–Kier alpha value is -15.4. The van der Waals surface area contributed by atoms with Crippen LogP contribution in [0.15, 0.2) is 106 Å². The summed E-state index contributed by atoms with van der Waals surface area (Å²) in [6.45, 7) is 9.37. The zero-order chi connectivity index (χ0) is 100. The van der Waals surface area contributed by atoms with Crippen LogP contribution in [0.3, 0.4) is 0 Å². The van der Waals surface area contributed by atoms with Crippen LogP contribution in [0.4, 0.5) is 39.7 Å². The highest BCUT2D eigenvalue weighted by Crippen LogP contribution is 2.41. The summed E-state index contributed by atoms with van der Waals surface area (Å²) in [5, 5.41) is 66.1. The highest BCUT2D eigenvalue weighted by molar-refractivity contribution is 6.02. The maximum absolute atomic E-state index is 12.8. The van der Waals surface area contributed by atoms with Crippen LogP contribution in [0.1, 0.15) is 185 Å². The second kappa shape index (κ2) is 51.9. The molecule has 738 valence electrons. The SMILES string of the molecule is CC1(C)CC(CC(=O)OCCOCCCC(=O)CCC(NC(=O)c2ccc(NCc3cnc4nc(N)[nH]c(=O)c4n3)cc2)C(=O)O)CC(C)(C)N1O.Nc1nc2ncc(CNc3ccc(C(=O)NC(CCC(=O)CCCOCCO)C(=O)O)cc3)nc2c(=O)[nH]1.Nc1nc2ncc(CNc3ccc(C(=O)NC(CCC(=O)CCCOCCOC(=O)ON4C(=O)CCC4=O)C(=O)O)cc3)nc2c(=O)[nH]1. The number of aliphatic hydroxyl groups excluding tert-OH is 1. The number of ether oxygens (including phenoxy) is 5. The van der Waals surface area contributed by atoms with Gasteiger partial charge in [0.2, 0.25) is 17.8 Å². The molecule has 2 saturated heterocycles. The number of aromatic nitrogens is 12. The number of aliphatic carboxylic acids is 3. The van der Waals surface area contributed by atoms with Crippen molar-refractivity contribution in [2.24, 2.45) is 5.92 Å². The predicted octanol–water partition coefficient (Wildman–Crippen LogP) is 3.51. The van der Waals surface area contributed by atoms with Crippen molar-refractivity contribution in [1.82, 2.24) is 85.9 Å². The lowest BCUT2D eigenvalue weighted by molar-refractivity contribution is -0.251. The molecule has 5 amide bonds. The largest absolute Gasteiger partial charge is 0.534 e. The minimum absolute atomic E-state index is 0.00703. The second-order valence-electron chi connectivity index (χ2n) is 32.9. The fourth-order valence-electron chi connectivity index (χ4n) is 14.3. The molecule has 2 aliphatic rings. The first-order valence-electron chi connectivity index (χ1n) is 43.7. The summed E-state index contributed by atoms with van der Waals surface area (Å²) in [7, 11) is 0. The van der Waals surface area contributed by atoms with Gasteiger partial charge in [-0.3, -0.25) is 77.3 Å². The second-order valence-corrected chi connectivity index (χ2v) is 32.9. The van der Waals surface area contributed by atoms with E-state index >= 15 is 0 Å². The van der Waals surface area contributed by atoms with Crippen molar-refractivity contribution in [3.05, 3.63) is 156 Å². The maximum Gasteiger partial charge on any atom is 0.534 e. The molecule has 9 aromatic rings. The van der Waals surface area contributed by atoms with E-state index in [9.17, 15) is 97.2 Å². The number of anilines is 6. The number of piperidine rings is 1. The number of nitrogens with two attached hydrogens (primary N) is 3. The van der Waals surface area contributed by atoms with E-state index in [4.69, 9.17) is 46.0 Å². The predicted molar refractivity (Wildman–Crippen MR) is 489 cm³/mol. The number of hydrogen-bond acceptors (Lipinski definition) is 40. The zero-order valence-corrected chi connectivity index (χ0v) is 75.8. The van der Waals surface area contributed by atoms with Crippen molar-refractivity contribution in [2.45, 2.75) is 186 Å². The number of nitrogens with zero attached hydrogens (tertiary/aromatic N) is 11. The average molecular weight is 1920 g/mol. The third-order valence-corrected chi connectivity index (χ3v) is 21.0. The number of aromatic amines is 3. The molecule has 0 aliphatic carbocycles. The van der Waals surface area contributed by atoms with Crippen LogP contribution in [-0.4, -0.2) is 261 Å². The molecule has 50 nitrogen and oxygen atoms in total. The van der Waals surface area contributed by atoms with Gasteiger partial charge in [-0.25, -0.2) is 49.1 Å². The molecule has 0 radical (unpaired) electrons. The highest BCUT2D eigenvalue weighted by Gasteiger charge is 2.46. The van der Waals surface area contributed by atoms with Crippen molar-refractivity contribution in [1.29, 1.82) is 0 Å². The fraction of sp³-hybridized carbons (Fsp3) is 0.443. The first-order valence-corrected chi connectivity index (χ1v) is 43.7. The maximum atomic E-state index is 12.8. The minimum Gasteiger partial charge on any atom is -0.480 e. The molecule has 20 N–H and O–H groups in total. The Morgan fingerprint density at radius 1 is 0.442 bits per heavy atom. The van der Waals surface area contributed by atoms with E-state index in [1.165, 1.54) is 60.1 Å². The number of rotatable bonds is 50. The summed E-state index contributed by atoms with van der Waals surface area (Å²) in [4.78, 5) is 241. The lowest BCUT2D eigenvalue weighted by Gasteiger charge is -2.51. The molecule has 2 aliphatic heterocycles. The molecule has 50 heteroatoms. The Balaban J connectivity index is 0.000000235. The lowest BCUT2D eigenvalue weighted by atomic mass is 9.74. The number of nitrogen functional groups attached to an aromatic ring is 3. The van der Waals surface area contributed by atoms with Crippen LogP contribution in [0, 0.1) is 5.92 Å². The van der Waals surface area contributed by atoms with E-state index < -0.39 is 99.5 Å². The normalized spacial score (nSPS) is 14.0. The Bertz CT molecular complexity index is 5970. The lowest BCUT2D eigenvalue weighted by Crippen LogP contribution is -2.59. The van der Waals surface area contributed by atoms with Crippen molar-refractivity contribution >= 4 is 145 Å². The zero-order valence-electron chi connectivity index (χ0n) is 75.8. The van der Waals surface area contributed by atoms with Gasteiger partial charge in [0.05, 0.1) is 81.7 Å². The number of carbonyl (C=O) groups is 13. The minimum atomic E-state index is -1.29. The van der Waals surface area contributed by atoms with Gasteiger partial charge in [0.25, 0.3) is 46.2 Å². The number of H-pyrrole nitrogens is 3. The Labute approximate surface area is 784 Å². The third-order valence-electron chi connectivity index (χ3n) is 21.0. The number of fused-ring (bicyclic) bond motifs is 3. The van der Waals surface area contributed by atoms with Gasteiger partial charge in [0.15, 0.2) is 33.5 Å². The molecular formula is C88H109N23O27. The van der Waals surface area contributed by atoms with Crippen LogP contribution < -0.4 is 65.8 Å². The molecule has 0 bridgehead atoms. The van der Waals surface area contributed by atoms with E-state index in [-0.39, 0.29) is 247 Å². The smallest absolute Gasteiger partial charge is 0.480 e. The molecule has 2 fully saturated rings. The molecule has 11 rings (SSSR count). The van der Waals surface area contributed by atoms with E-state index in [0.717, 1.165) is 0 Å². The van der Waals surface area contributed by atoms with Crippen molar-refractivity contribution < 1.29 is 116 Å². The average Bonchev–Trinajstić information content (AvgIpc) is 1.92. The number of carboxylic acid groups (broad SMARTS) is 3. The van der Waals surface area contributed by atoms with Gasteiger partial charge in [-0.2, -0.15) is 20.0 Å². The van der Waals surface area contributed by atoms with E-state index in [1.54, 1.807) is 36.4 Å². The van der Waals surface area contributed by atoms with Crippen LogP contribution in [0.25, 0.3) is 33.5 Å². The van der Waals surface area contributed by atoms with Crippen molar-refractivity contribution in [3.8, 4) is 0 Å². The van der Waals surface area contributed by atoms with Gasteiger partial charge in [0.1, 0.15) is 48.7 Å².